The van der Waals surface area contributed by atoms with Crippen LogP contribution in [0, 0.1) is 12.3 Å². The molecule has 1 aliphatic heterocycles. The van der Waals surface area contributed by atoms with Gasteiger partial charge in [-0.05, 0) is 0 Å². The summed E-state index contributed by atoms with van der Waals surface area (Å²) in [5.41, 5.74) is 0. The second-order valence-electron chi connectivity index (χ2n) is 3.21. The van der Waals surface area contributed by atoms with Crippen LogP contribution >= 0.6 is 0 Å². The van der Waals surface area contributed by atoms with Gasteiger partial charge in [-0.1, -0.05) is 5.92 Å². The molecule has 0 aromatic rings. The normalized spacial score (nSPS) is 41.1. The van der Waals surface area contributed by atoms with Crippen LogP contribution in [-0.2, 0) is 9.47 Å². The molecule has 1 aliphatic rings. The molecular weight excluding hydrogens is 204 g/mol. The van der Waals surface area contributed by atoms with Crippen molar-refractivity contribution in [1.29, 1.82) is 0 Å². The molecule has 0 unspecified atom stereocenters. The monoisotopic (exact) mass is 218 g/mol. The largest absolute Gasteiger partial charge is 0.394 e. The van der Waals surface area contributed by atoms with E-state index in [0.717, 1.165) is 0 Å². The van der Waals surface area contributed by atoms with Crippen molar-refractivity contribution in [3.05, 3.63) is 0 Å². The van der Waals surface area contributed by atoms with E-state index < -0.39 is 37.3 Å². The Kier molecular flexibility index (Phi) is 4.47. The predicted molar refractivity (Wildman–Crippen MR) is 48.6 cm³/mol. The number of hydrogen-bond donors (Lipinski definition) is 4. The summed E-state index contributed by atoms with van der Waals surface area (Å²) < 4.78 is 9.91. The number of rotatable bonds is 3. The maximum Gasteiger partial charge on any atom is 0.187 e. The topological polar surface area (TPSA) is 99.4 Å². The molecule has 0 amide bonds. The quantitative estimate of drug-likeness (QED) is 0.389. The standard InChI is InChI=1S/C9H14O6/c1-2-3-14-9-8(13)7(12)6(11)5(4-10)15-9/h1,5-13H,3-4H2/t5-,6-,7+,8-,9+/m1/s1. The van der Waals surface area contributed by atoms with Crippen LogP contribution < -0.4 is 0 Å². The lowest BCUT2D eigenvalue weighted by Gasteiger charge is -2.39. The lowest BCUT2D eigenvalue weighted by atomic mass is 9.99. The van der Waals surface area contributed by atoms with Gasteiger partial charge in [0, 0.05) is 0 Å². The Labute approximate surface area is 87.1 Å². The number of aliphatic hydroxyl groups excluding tert-OH is 4. The maximum absolute atomic E-state index is 9.44. The highest BCUT2D eigenvalue weighted by atomic mass is 16.7. The number of ether oxygens (including phenoxy) is 2. The minimum atomic E-state index is -1.43. The van der Waals surface area contributed by atoms with Gasteiger partial charge in [0.2, 0.25) is 0 Å². The Morgan fingerprint density at radius 3 is 2.40 bits per heavy atom. The number of aliphatic hydroxyl groups is 4. The average Bonchev–Trinajstić information content (AvgIpc) is 2.25. The highest BCUT2D eigenvalue weighted by Gasteiger charge is 2.43. The van der Waals surface area contributed by atoms with Crippen LogP contribution in [0.15, 0.2) is 0 Å². The van der Waals surface area contributed by atoms with Crippen molar-refractivity contribution in [2.24, 2.45) is 0 Å². The van der Waals surface area contributed by atoms with E-state index in [2.05, 4.69) is 5.92 Å². The van der Waals surface area contributed by atoms with Crippen molar-refractivity contribution in [1.82, 2.24) is 0 Å². The molecule has 86 valence electrons. The van der Waals surface area contributed by atoms with Gasteiger partial charge in [-0.25, -0.2) is 0 Å². The Balaban J connectivity index is 2.62. The molecule has 1 fully saturated rings. The molecule has 0 saturated carbocycles. The Hall–Kier alpha value is -0.680. The van der Waals surface area contributed by atoms with E-state index in [4.69, 9.17) is 21.0 Å². The van der Waals surface area contributed by atoms with E-state index in [0.29, 0.717) is 0 Å². The molecule has 0 aromatic carbocycles. The fraction of sp³-hybridized carbons (Fsp3) is 0.778. The molecule has 5 atom stereocenters. The van der Waals surface area contributed by atoms with E-state index >= 15 is 0 Å². The smallest absolute Gasteiger partial charge is 0.187 e. The zero-order chi connectivity index (χ0) is 11.4. The van der Waals surface area contributed by atoms with Crippen molar-refractivity contribution in [3.8, 4) is 12.3 Å². The molecule has 6 nitrogen and oxygen atoms in total. The minimum Gasteiger partial charge on any atom is -0.394 e. The van der Waals surface area contributed by atoms with Gasteiger partial charge in [0.1, 0.15) is 31.0 Å². The molecule has 4 N–H and O–H groups in total. The summed E-state index contributed by atoms with van der Waals surface area (Å²) >= 11 is 0. The lowest BCUT2D eigenvalue weighted by Crippen LogP contribution is -2.59. The first kappa shape index (κ1) is 12.4. The molecule has 1 rings (SSSR count). The van der Waals surface area contributed by atoms with Crippen molar-refractivity contribution in [2.45, 2.75) is 30.7 Å². The molecule has 1 saturated heterocycles. The second-order valence-corrected chi connectivity index (χ2v) is 3.21. The zero-order valence-corrected chi connectivity index (χ0v) is 7.98. The van der Waals surface area contributed by atoms with E-state index in [-0.39, 0.29) is 6.61 Å². The van der Waals surface area contributed by atoms with Gasteiger partial charge in [-0.3, -0.25) is 0 Å². The van der Waals surface area contributed by atoms with Gasteiger partial charge < -0.3 is 29.9 Å². The van der Waals surface area contributed by atoms with Gasteiger partial charge in [0.05, 0.1) is 6.61 Å². The van der Waals surface area contributed by atoms with Crippen molar-refractivity contribution in [2.75, 3.05) is 13.2 Å². The summed E-state index contributed by atoms with van der Waals surface area (Å²) in [6.45, 7) is -0.580. The molecule has 0 aromatic heterocycles. The Morgan fingerprint density at radius 2 is 1.87 bits per heavy atom. The van der Waals surface area contributed by atoms with Crippen LogP contribution in [0.2, 0.25) is 0 Å². The number of hydrogen-bond acceptors (Lipinski definition) is 6. The van der Waals surface area contributed by atoms with Crippen molar-refractivity contribution in [3.63, 3.8) is 0 Å². The molecule has 1 heterocycles. The Bertz CT molecular complexity index is 235. The molecule has 0 aliphatic carbocycles. The Morgan fingerprint density at radius 1 is 1.20 bits per heavy atom. The summed E-state index contributed by atoms with van der Waals surface area (Å²) in [7, 11) is 0. The summed E-state index contributed by atoms with van der Waals surface area (Å²) in [5.74, 6) is 2.17. The van der Waals surface area contributed by atoms with Gasteiger partial charge in [0.15, 0.2) is 6.29 Å². The van der Waals surface area contributed by atoms with Crippen molar-refractivity contribution >= 4 is 0 Å². The molecule has 0 bridgehead atoms. The first-order valence-corrected chi connectivity index (χ1v) is 4.47. The average molecular weight is 218 g/mol. The number of terminal acetylenes is 1. The lowest BCUT2D eigenvalue weighted by molar-refractivity contribution is -0.298. The van der Waals surface area contributed by atoms with E-state index in [1.165, 1.54) is 0 Å². The molecule has 0 radical (unpaired) electrons. The third kappa shape index (κ3) is 2.66. The molecule has 6 heteroatoms. The van der Waals surface area contributed by atoms with Crippen LogP contribution in [-0.4, -0.2) is 64.3 Å². The summed E-state index contributed by atoms with van der Waals surface area (Å²) in [6.07, 6.45) is -1.36. The van der Waals surface area contributed by atoms with Crippen LogP contribution in [0.1, 0.15) is 0 Å². The van der Waals surface area contributed by atoms with Crippen LogP contribution in [0.5, 0.6) is 0 Å². The fourth-order valence-corrected chi connectivity index (χ4v) is 1.34. The second kappa shape index (κ2) is 5.42. The summed E-state index contributed by atoms with van der Waals surface area (Å²) in [4.78, 5) is 0. The first-order valence-electron chi connectivity index (χ1n) is 4.47. The third-order valence-electron chi connectivity index (χ3n) is 2.18. The highest BCUT2D eigenvalue weighted by molar-refractivity contribution is 4.90. The summed E-state index contributed by atoms with van der Waals surface area (Å²) in [6, 6.07) is 0. The first-order chi connectivity index (χ1) is 7.11. The van der Waals surface area contributed by atoms with Crippen molar-refractivity contribution < 1.29 is 29.9 Å². The van der Waals surface area contributed by atoms with Gasteiger partial charge in [0.25, 0.3) is 0 Å². The third-order valence-corrected chi connectivity index (χ3v) is 2.18. The van der Waals surface area contributed by atoms with E-state index in [1.807, 2.05) is 0 Å². The van der Waals surface area contributed by atoms with Crippen LogP contribution in [0.25, 0.3) is 0 Å². The van der Waals surface area contributed by atoms with Gasteiger partial charge in [-0.2, -0.15) is 0 Å². The molecule has 15 heavy (non-hydrogen) atoms. The SMILES string of the molecule is C#CCO[C@H]1O[C@H](CO)[C@@H](O)[C@H](O)[C@H]1O. The zero-order valence-electron chi connectivity index (χ0n) is 7.98. The maximum atomic E-state index is 9.44. The van der Waals surface area contributed by atoms with Crippen LogP contribution in [0.4, 0.5) is 0 Å². The minimum absolute atomic E-state index is 0.0946. The van der Waals surface area contributed by atoms with E-state index in [1.54, 1.807) is 0 Å². The van der Waals surface area contributed by atoms with E-state index in [9.17, 15) is 15.3 Å². The van der Waals surface area contributed by atoms with Crippen LogP contribution in [0.3, 0.4) is 0 Å². The fourth-order valence-electron chi connectivity index (χ4n) is 1.34. The van der Waals surface area contributed by atoms with Gasteiger partial charge >= 0.3 is 0 Å². The summed E-state index contributed by atoms with van der Waals surface area (Å²) in [5, 5.41) is 37.0. The van der Waals surface area contributed by atoms with Gasteiger partial charge in [-0.15, -0.1) is 6.42 Å². The predicted octanol–water partition coefficient (Wildman–Crippen LogP) is -2.56. The molecule has 0 spiro atoms. The molecular formula is C9H14O6. The highest BCUT2D eigenvalue weighted by Crippen LogP contribution is 2.21.